The van der Waals surface area contributed by atoms with Crippen LogP contribution in [0.5, 0.6) is 0 Å². The summed E-state index contributed by atoms with van der Waals surface area (Å²) in [6.07, 6.45) is 0. The second kappa shape index (κ2) is 7.13. The molecule has 4 rings (SSSR count). The van der Waals surface area contributed by atoms with Crippen molar-refractivity contribution in [3.63, 3.8) is 0 Å². The molecule has 7 heteroatoms. The molecular weight excluding hydrogens is 367 g/mol. The highest BCUT2D eigenvalue weighted by atomic mass is 32.1. The van der Waals surface area contributed by atoms with Gasteiger partial charge in [0.2, 0.25) is 5.56 Å². The zero-order valence-electron chi connectivity index (χ0n) is 13.9. The van der Waals surface area contributed by atoms with Crippen LogP contribution in [0.3, 0.4) is 0 Å². The number of halogens is 1. The topological polar surface area (TPSA) is 72.0 Å². The molecule has 1 N–H and O–H groups in total. The van der Waals surface area contributed by atoms with Gasteiger partial charge in [-0.25, -0.2) is 14.2 Å². The summed E-state index contributed by atoms with van der Waals surface area (Å²) in [6.45, 7) is -0.0162. The monoisotopic (exact) mass is 380 g/mol. The summed E-state index contributed by atoms with van der Waals surface area (Å²) in [5.74, 6) is -0.900. The summed E-state index contributed by atoms with van der Waals surface area (Å²) in [4.78, 5) is 31.3. The third kappa shape index (κ3) is 3.63. The Morgan fingerprint density at radius 3 is 2.74 bits per heavy atom. The number of aromatic amines is 1. The average molecular weight is 380 g/mol. The number of carbonyl (C=O) groups excluding carboxylic acids is 1. The van der Waals surface area contributed by atoms with Crippen molar-refractivity contribution in [2.45, 2.75) is 6.61 Å². The number of hydrogen-bond donors (Lipinski definition) is 1. The summed E-state index contributed by atoms with van der Waals surface area (Å²) >= 11 is 1.38. The fourth-order valence-electron chi connectivity index (χ4n) is 2.69. The quantitative estimate of drug-likeness (QED) is 0.540. The third-order valence-corrected chi connectivity index (χ3v) is 4.90. The molecule has 0 atom stereocenters. The molecule has 0 aliphatic carbocycles. The first-order valence-electron chi connectivity index (χ1n) is 8.10. The van der Waals surface area contributed by atoms with Crippen molar-refractivity contribution in [1.82, 2.24) is 9.97 Å². The number of rotatable bonds is 4. The number of aromatic nitrogens is 2. The minimum absolute atomic E-state index is 0.0162. The minimum atomic E-state index is -0.589. The van der Waals surface area contributed by atoms with Crippen LogP contribution in [0.2, 0.25) is 0 Å². The number of carbonyl (C=O) groups is 1. The molecule has 134 valence electrons. The second-order valence-electron chi connectivity index (χ2n) is 5.82. The second-order valence-corrected chi connectivity index (χ2v) is 6.68. The van der Waals surface area contributed by atoms with E-state index >= 15 is 0 Å². The molecule has 5 nitrogen and oxygen atoms in total. The van der Waals surface area contributed by atoms with Gasteiger partial charge in [-0.3, -0.25) is 4.79 Å². The standard InChI is InChI=1S/C20H13FN2O3S/c21-13-7-5-12(6-8-13)19-22-14(11-27-19)10-26-20(25)16-9-18(24)23-17-4-2-1-3-15(16)17/h1-9,11H,10H2,(H,23,24). The molecule has 2 aromatic heterocycles. The largest absolute Gasteiger partial charge is 0.456 e. The van der Waals surface area contributed by atoms with Crippen molar-refractivity contribution in [2.24, 2.45) is 0 Å². The number of nitrogens with zero attached hydrogens (tertiary/aromatic N) is 1. The fourth-order valence-corrected chi connectivity index (χ4v) is 3.50. The van der Waals surface area contributed by atoms with E-state index in [0.29, 0.717) is 21.6 Å². The number of fused-ring (bicyclic) bond motifs is 1. The van der Waals surface area contributed by atoms with Crippen LogP contribution in [0.4, 0.5) is 4.39 Å². The first kappa shape index (κ1) is 17.1. The predicted octanol–water partition coefficient (Wildman–Crippen LogP) is 4.15. The smallest absolute Gasteiger partial charge is 0.339 e. The molecule has 0 saturated carbocycles. The van der Waals surface area contributed by atoms with Crippen LogP contribution in [0.25, 0.3) is 21.5 Å². The van der Waals surface area contributed by atoms with E-state index in [1.165, 1.54) is 29.5 Å². The number of esters is 1. The number of benzene rings is 2. The van der Waals surface area contributed by atoms with Crippen LogP contribution in [-0.2, 0) is 11.3 Å². The molecule has 0 spiro atoms. The van der Waals surface area contributed by atoms with Gasteiger partial charge in [-0.1, -0.05) is 18.2 Å². The maximum atomic E-state index is 13.0. The van der Waals surface area contributed by atoms with E-state index in [1.54, 1.807) is 41.8 Å². The van der Waals surface area contributed by atoms with Gasteiger partial charge in [-0.2, -0.15) is 0 Å². The van der Waals surface area contributed by atoms with Gasteiger partial charge in [-0.05, 0) is 30.3 Å². The van der Waals surface area contributed by atoms with Gasteiger partial charge in [-0.15, -0.1) is 11.3 Å². The molecule has 0 unspecified atom stereocenters. The van der Waals surface area contributed by atoms with Crippen molar-refractivity contribution in [1.29, 1.82) is 0 Å². The number of ether oxygens (including phenoxy) is 1. The maximum Gasteiger partial charge on any atom is 0.339 e. The number of H-pyrrole nitrogens is 1. The summed E-state index contributed by atoms with van der Waals surface area (Å²) in [6, 6.07) is 14.3. The van der Waals surface area contributed by atoms with Crippen molar-refractivity contribution in [3.8, 4) is 10.6 Å². The fraction of sp³-hybridized carbons (Fsp3) is 0.0500. The zero-order valence-corrected chi connectivity index (χ0v) is 14.8. The number of hydrogen-bond acceptors (Lipinski definition) is 5. The summed E-state index contributed by atoms with van der Waals surface area (Å²) in [7, 11) is 0. The lowest BCUT2D eigenvalue weighted by Gasteiger charge is -2.06. The molecule has 2 aromatic carbocycles. The summed E-state index contributed by atoms with van der Waals surface area (Å²) < 4.78 is 18.4. The molecule has 0 aliphatic heterocycles. The van der Waals surface area contributed by atoms with Crippen LogP contribution in [0.15, 0.2) is 64.8 Å². The lowest BCUT2D eigenvalue weighted by atomic mass is 10.1. The number of nitrogens with one attached hydrogen (secondary N) is 1. The van der Waals surface area contributed by atoms with Gasteiger partial charge in [0.1, 0.15) is 17.4 Å². The predicted molar refractivity (Wildman–Crippen MR) is 101 cm³/mol. The Labute approximate surface area is 157 Å². The highest BCUT2D eigenvalue weighted by Gasteiger charge is 2.14. The Kier molecular flexibility index (Phi) is 4.52. The van der Waals surface area contributed by atoms with Crippen molar-refractivity contribution in [3.05, 3.63) is 87.4 Å². The lowest BCUT2D eigenvalue weighted by molar-refractivity contribution is 0.0470. The van der Waals surface area contributed by atoms with Crippen LogP contribution < -0.4 is 5.56 Å². The Hall–Kier alpha value is -3.32. The Morgan fingerprint density at radius 1 is 1.15 bits per heavy atom. The zero-order chi connectivity index (χ0) is 18.8. The van der Waals surface area contributed by atoms with Crippen LogP contribution in [-0.4, -0.2) is 15.9 Å². The van der Waals surface area contributed by atoms with E-state index in [0.717, 1.165) is 5.56 Å². The normalized spacial score (nSPS) is 10.9. The first-order chi connectivity index (χ1) is 13.1. The number of pyridine rings is 1. The molecule has 0 amide bonds. The molecule has 27 heavy (non-hydrogen) atoms. The van der Waals surface area contributed by atoms with Crippen molar-refractivity contribution >= 4 is 28.2 Å². The SMILES string of the molecule is O=C(OCc1csc(-c2ccc(F)cc2)n1)c1cc(=O)[nH]c2ccccc12. The van der Waals surface area contributed by atoms with Gasteiger partial charge < -0.3 is 9.72 Å². The Bertz CT molecular complexity index is 1180. The minimum Gasteiger partial charge on any atom is -0.456 e. The van der Waals surface area contributed by atoms with Crippen LogP contribution in [0.1, 0.15) is 16.1 Å². The molecule has 0 fully saturated rings. The van der Waals surface area contributed by atoms with Gasteiger partial charge in [0.15, 0.2) is 0 Å². The highest BCUT2D eigenvalue weighted by Crippen LogP contribution is 2.24. The first-order valence-corrected chi connectivity index (χ1v) is 8.98. The molecule has 0 radical (unpaired) electrons. The molecule has 0 bridgehead atoms. The Balaban J connectivity index is 1.52. The van der Waals surface area contributed by atoms with Crippen LogP contribution >= 0.6 is 11.3 Å². The van der Waals surface area contributed by atoms with E-state index in [4.69, 9.17) is 4.74 Å². The van der Waals surface area contributed by atoms with Crippen LogP contribution in [0, 0.1) is 5.82 Å². The summed E-state index contributed by atoms with van der Waals surface area (Å²) in [5, 5.41) is 3.11. The van der Waals surface area contributed by atoms with E-state index in [2.05, 4.69) is 9.97 Å². The Morgan fingerprint density at radius 2 is 1.93 bits per heavy atom. The molecular formula is C20H13FN2O3S. The number of para-hydroxylation sites is 1. The van der Waals surface area contributed by atoms with Gasteiger partial charge >= 0.3 is 5.97 Å². The molecule has 4 aromatic rings. The van der Waals surface area contributed by atoms with Crippen molar-refractivity contribution in [2.75, 3.05) is 0 Å². The van der Waals surface area contributed by atoms with E-state index in [1.807, 2.05) is 0 Å². The van der Waals surface area contributed by atoms with E-state index in [9.17, 15) is 14.0 Å². The molecule has 2 heterocycles. The van der Waals surface area contributed by atoms with E-state index < -0.39 is 5.97 Å². The lowest BCUT2D eigenvalue weighted by Crippen LogP contribution is -2.13. The third-order valence-electron chi connectivity index (χ3n) is 3.96. The molecule has 0 saturated heterocycles. The number of thiazole rings is 1. The van der Waals surface area contributed by atoms with Crippen molar-refractivity contribution < 1.29 is 13.9 Å². The van der Waals surface area contributed by atoms with Gasteiger partial charge in [0.25, 0.3) is 0 Å². The highest BCUT2D eigenvalue weighted by molar-refractivity contribution is 7.13. The summed E-state index contributed by atoms with van der Waals surface area (Å²) in [5.41, 5.74) is 1.79. The van der Waals surface area contributed by atoms with Gasteiger partial charge in [0.05, 0.1) is 11.3 Å². The maximum absolute atomic E-state index is 13.0. The average Bonchev–Trinajstić information content (AvgIpc) is 3.15. The van der Waals surface area contributed by atoms with Gasteiger partial charge in [0, 0.05) is 27.9 Å². The molecule has 0 aliphatic rings. The van der Waals surface area contributed by atoms with E-state index in [-0.39, 0.29) is 23.5 Å².